The number of aromatic nitrogens is 2. The number of amides is 1. The molecule has 4 aromatic rings. The lowest BCUT2D eigenvalue weighted by molar-refractivity contribution is -0.115. The van der Waals surface area contributed by atoms with Gasteiger partial charge in [0.25, 0.3) is 5.56 Å². The number of fused-ring (bicyclic) bond motifs is 2. The standard InChI is InChI=1S/C18H13N3O4S/c1-10-2-3-12-11(8-16(23)25-14(12)6-10)7-15(22)20-13-9-19-18-21(17(13)24)4-5-26-18/h2-6,8-9H,7H2,1H3,(H,20,22). The molecule has 0 unspecified atom stereocenters. The first-order valence-electron chi connectivity index (χ1n) is 7.79. The monoisotopic (exact) mass is 367 g/mol. The normalized spacial score (nSPS) is 11.1. The number of thiazole rings is 1. The fourth-order valence-electron chi connectivity index (χ4n) is 2.76. The van der Waals surface area contributed by atoms with Crippen LogP contribution in [0, 0.1) is 6.92 Å². The topological polar surface area (TPSA) is 93.7 Å². The van der Waals surface area contributed by atoms with Gasteiger partial charge in [0.05, 0.1) is 12.6 Å². The van der Waals surface area contributed by atoms with Crippen LogP contribution in [0.2, 0.25) is 0 Å². The van der Waals surface area contributed by atoms with E-state index in [-0.39, 0.29) is 17.7 Å². The molecular weight excluding hydrogens is 354 g/mol. The number of nitrogens with one attached hydrogen (secondary N) is 1. The molecule has 4 rings (SSSR count). The third-order valence-electron chi connectivity index (χ3n) is 3.95. The van der Waals surface area contributed by atoms with Gasteiger partial charge in [-0.15, -0.1) is 11.3 Å². The van der Waals surface area contributed by atoms with Crippen LogP contribution in [0.25, 0.3) is 15.9 Å². The summed E-state index contributed by atoms with van der Waals surface area (Å²) < 4.78 is 6.56. The molecule has 1 amide bonds. The lowest BCUT2D eigenvalue weighted by atomic mass is 10.1. The zero-order valence-corrected chi connectivity index (χ0v) is 14.5. The van der Waals surface area contributed by atoms with Crippen molar-refractivity contribution in [2.45, 2.75) is 13.3 Å². The van der Waals surface area contributed by atoms with Gasteiger partial charge in [-0.25, -0.2) is 9.78 Å². The Hall–Kier alpha value is -3.26. The molecule has 7 nitrogen and oxygen atoms in total. The van der Waals surface area contributed by atoms with Gasteiger partial charge in [-0.2, -0.15) is 0 Å². The number of aryl methyl sites for hydroxylation is 1. The van der Waals surface area contributed by atoms with Gasteiger partial charge in [0, 0.05) is 23.0 Å². The number of anilines is 1. The summed E-state index contributed by atoms with van der Waals surface area (Å²) in [6.45, 7) is 1.89. The molecule has 0 radical (unpaired) electrons. The fraction of sp³-hybridized carbons (Fsp3) is 0.111. The summed E-state index contributed by atoms with van der Waals surface area (Å²) in [4.78, 5) is 41.2. The number of rotatable bonds is 3. The van der Waals surface area contributed by atoms with Crippen molar-refractivity contribution in [3.8, 4) is 0 Å². The zero-order chi connectivity index (χ0) is 18.3. The molecule has 0 bridgehead atoms. The maximum atomic E-state index is 12.4. The number of carbonyl (C=O) groups excluding carboxylic acids is 1. The van der Waals surface area contributed by atoms with E-state index in [0.717, 1.165) is 5.56 Å². The summed E-state index contributed by atoms with van der Waals surface area (Å²) in [5.41, 5.74) is 1.14. The van der Waals surface area contributed by atoms with Crippen LogP contribution in [-0.4, -0.2) is 15.3 Å². The van der Waals surface area contributed by atoms with Gasteiger partial charge in [-0.1, -0.05) is 12.1 Å². The van der Waals surface area contributed by atoms with Crippen LogP contribution in [0.5, 0.6) is 0 Å². The van der Waals surface area contributed by atoms with Gasteiger partial charge < -0.3 is 9.73 Å². The van der Waals surface area contributed by atoms with Crippen molar-refractivity contribution >= 4 is 38.9 Å². The second-order valence-electron chi connectivity index (χ2n) is 5.85. The molecule has 1 aromatic carbocycles. The van der Waals surface area contributed by atoms with E-state index in [9.17, 15) is 14.4 Å². The second kappa shape index (κ2) is 6.23. The van der Waals surface area contributed by atoms with Gasteiger partial charge in [-0.05, 0) is 24.1 Å². The van der Waals surface area contributed by atoms with Gasteiger partial charge in [0.2, 0.25) is 5.91 Å². The zero-order valence-electron chi connectivity index (χ0n) is 13.7. The third kappa shape index (κ3) is 2.91. The Labute approximate surface area is 150 Å². The summed E-state index contributed by atoms with van der Waals surface area (Å²) >= 11 is 1.33. The molecule has 3 aromatic heterocycles. The van der Waals surface area contributed by atoms with Crippen LogP contribution >= 0.6 is 11.3 Å². The summed E-state index contributed by atoms with van der Waals surface area (Å²) in [5, 5.41) is 5.00. The smallest absolute Gasteiger partial charge is 0.336 e. The van der Waals surface area contributed by atoms with E-state index in [2.05, 4.69) is 10.3 Å². The van der Waals surface area contributed by atoms with Crippen molar-refractivity contribution in [2.24, 2.45) is 0 Å². The first-order valence-corrected chi connectivity index (χ1v) is 8.67. The van der Waals surface area contributed by atoms with Gasteiger partial charge in [0.15, 0.2) is 4.96 Å². The van der Waals surface area contributed by atoms with Crippen LogP contribution in [-0.2, 0) is 11.2 Å². The largest absolute Gasteiger partial charge is 0.423 e. The molecule has 0 aliphatic heterocycles. The average molecular weight is 367 g/mol. The summed E-state index contributed by atoms with van der Waals surface area (Å²) in [6, 6.07) is 6.73. The molecule has 0 spiro atoms. The SMILES string of the molecule is Cc1ccc2c(CC(=O)Nc3cnc4sccn4c3=O)cc(=O)oc2c1. The highest BCUT2D eigenvalue weighted by molar-refractivity contribution is 7.15. The number of nitrogens with zero attached hydrogens (tertiary/aromatic N) is 2. The summed E-state index contributed by atoms with van der Waals surface area (Å²) in [6.07, 6.45) is 2.88. The Morgan fingerprint density at radius 2 is 2.15 bits per heavy atom. The maximum absolute atomic E-state index is 12.4. The predicted molar refractivity (Wildman–Crippen MR) is 98.9 cm³/mol. The van der Waals surface area contributed by atoms with Crippen molar-refractivity contribution in [3.05, 3.63) is 73.9 Å². The molecule has 0 fully saturated rings. The van der Waals surface area contributed by atoms with E-state index in [1.807, 2.05) is 19.1 Å². The summed E-state index contributed by atoms with van der Waals surface area (Å²) in [5.74, 6) is -0.411. The highest BCUT2D eigenvalue weighted by Gasteiger charge is 2.13. The minimum absolute atomic E-state index is 0.0586. The minimum atomic E-state index is -0.521. The first-order chi connectivity index (χ1) is 12.5. The van der Waals surface area contributed by atoms with Crippen molar-refractivity contribution in [1.82, 2.24) is 9.38 Å². The van der Waals surface area contributed by atoms with E-state index in [0.29, 0.717) is 21.5 Å². The molecule has 3 heterocycles. The van der Waals surface area contributed by atoms with Crippen LogP contribution in [0.1, 0.15) is 11.1 Å². The average Bonchev–Trinajstić information content (AvgIpc) is 3.06. The Balaban J connectivity index is 1.66. The van der Waals surface area contributed by atoms with Crippen LogP contribution in [0.3, 0.4) is 0 Å². The van der Waals surface area contributed by atoms with E-state index in [4.69, 9.17) is 4.42 Å². The van der Waals surface area contributed by atoms with E-state index < -0.39 is 11.5 Å². The molecule has 130 valence electrons. The maximum Gasteiger partial charge on any atom is 0.336 e. The quantitative estimate of drug-likeness (QED) is 0.561. The van der Waals surface area contributed by atoms with Crippen molar-refractivity contribution < 1.29 is 9.21 Å². The van der Waals surface area contributed by atoms with Crippen molar-refractivity contribution in [1.29, 1.82) is 0 Å². The van der Waals surface area contributed by atoms with Crippen LogP contribution in [0.4, 0.5) is 5.69 Å². The highest BCUT2D eigenvalue weighted by atomic mass is 32.1. The highest BCUT2D eigenvalue weighted by Crippen LogP contribution is 2.19. The lowest BCUT2D eigenvalue weighted by Gasteiger charge is -2.07. The Morgan fingerprint density at radius 3 is 3.00 bits per heavy atom. The number of hydrogen-bond acceptors (Lipinski definition) is 6. The fourth-order valence-corrected chi connectivity index (χ4v) is 3.44. The first kappa shape index (κ1) is 16.2. The third-order valence-corrected chi connectivity index (χ3v) is 4.72. The van der Waals surface area contributed by atoms with E-state index in [1.54, 1.807) is 17.6 Å². The molecule has 8 heteroatoms. The molecular formula is C18H13N3O4S. The van der Waals surface area contributed by atoms with Crippen molar-refractivity contribution in [3.63, 3.8) is 0 Å². The van der Waals surface area contributed by atoms with Crippen LogP contribution in [0.15, 0.2) is 56.0 Å². The molecule has 0 aliphatic carbocycles. The lowest BCUT2D eigenvalue weighted by Crippen LogP contribution is -2.23. The van der Waals surface area contributed by atoms with Gasteiger partial charge in [0.1, 0.15) is 11.3 Å². The van der Waals surface area contributed by atoms with Crippen molar-refractivity contribution in [2.75, 3.05) is 5.32 Å². The van der Waals surface area contributed by atoms with Gasteiger partial charge in [-0.3, -0.25) is 14.0 Å². The van der Waals surface area contributed by atoms with Gasteiger partial charge >= 0.3 is 5.63 Å². The minimum Gasteiger partial charge on any atom is -0.423 e. The Kier molecular flexibility index (Phi) is 3.89. The number of hydrogen-bond donors (Lipinski definition) is 1. The molecule has 26 heavy (non-hydrogen) atoms. The summed E-state index contributed by atoms with van der Waals surface area (Å²) in [7, 11) is 0. The number of carbonyl (C=O) groups is 1. The second-order valence-corrected chi connectivity index (χ2v) is 6.72. The van der Waals surface area contributed by atoms with E-state index in [1.165, 1.54) is 28.0 Å². The van der Waals surface area contributed by atoms with E-state index >= 15 is 0 Å². The molecule has 0 saturated carbocycles. The number of benzene rings is 1. The Bertz CT molecular complexity index is 1270. The molecule has 0 saturated heterocycles. The molecule has 0 atom stereocenters. The Morgan fingerprint density at radius 1 is 1.31 bits per heavy atom. The predicted octanol–water partition coefficient (Wildman–Crippen LogP) is 2.35. The molecule has 0 aliphatic rings. The molecule has 1 N–H and O–H groups in total. The van der Waals surface area contributed by atoms with Crippen LogP contribution < -0.4 is 16.5 Å².